The SMILES string of the molecule is COc1ccc(CCN/C=C(/C#N)C(=O)NC(CCSC)C(=O)O)cc1. The summed E-state index contributed by atoms with van der Waals surface area (Å²) < 4.78 is 5.09. The normalized spacial score (nSPS) is 12.0. The van der Waals surface area contributed by atoms with Crippen molar-refractivity contribution in [3.05, 3.63) is 41.6 Å². The number of carboxylic acid groups (broad SMARTS) is 1. The van der Waals surface area contributed by atoms with Crippen molar-refractivity contribution >= 4 is 23.6 Å². The summed E-state index contributed by atoms with van der Waals surface area (Å²) in [5, 5.41) is 23.5. The Morgan fingerprint density at radius 3 is 2.62 bits per heavy atom. The van der Waals surface area contributed by atoms with Crippen LogP contribution in [0.5, 0.6) is 5.75 Å². The van der Waals surface area contributed by atoms with Crippen LogP contribution in [-0.4, -0.2) is 48.7 Å². The van der Waals surface area contributed by atoms with E-state index in [1.807, 2.05) is 30.5 Å². The van der Waals surface area contributed by atoms with Gasteiger partial charge >= 0.3 is 5.97 Å². The number of thioether (sulfide) groups is 1. The minimum Gasteiger partial charge on any atom is -0.497 e. The average molecular weight is 377 g/mol. The molecule has 140 valence electrons. The van der Waals surface area contributed by atoms with Crippen LogP contribution in [0.3, 0.4) is 0 Å². The van der Waals surface area contributed by atoms with Crippen molar-refractivity contribution in [1.29, 1.82) is 5.26 Å². The quantitative estimate of drug-likeness (QED) is 0.305. The van der Waals surface area contributed by atoms with Gasteiger partial charge in [0.15, 0.2) is 0 Å². The summed E-state index contributed by atoms with van der Waals surface area (Å²) in [5.41, 5.74) is 0.924. The molecule has 1 amide bonds. The first-order chi connectivity index (χ1) is 12.5. The van der Waals surface area contributed by atoms with Gasteiger partial charge < -0.3 is 20.5 Å². The molecule has 0 saturated carbocycles. The molecule has 1 atom stereocenters. The van der Waals surface area contributed by atoms with Crippen molar-refractivity contribution in [3.63, 3.8) is 0 Å². The van der Waals surface area contributed by atoms with E-state index in [4.69, 9.17) is 15.1 Å². The van der Waals surface area contributed by atoms with Gasteiger partial charge in [0.1, 0.15) is 23.4 Å². The Labute approximate surface area is 157 Å². The third-order valence-corrected chi connectivity index (χ3v) is 4.19. The number of hydrogen-bond donors (Lipinski definition) is 3. The lowest BCUT2D eigenvalue weighted by molar-refractivity contribution is -0.141. The second-order valence-electron chi connectivity index (χ2n) is 5.37. The Kier molecular flexibility index (Phi) is 9.72. The molecule has 0 aliphatic heterocycles. The zero-order chi connectivity index (χ0) is 19.4. The Morgan fingerprint density at radius 2 is 2.08 bits per heavy atom. The van der Waals surface area contributed by atoms with Gasteiger partial charge in [0, 0.05) is 12.7 Å². The summed E-state index contributed by atoms with van der Waals surface area (Å²) in [4.78, 5) is 23.2. The first-order valence-corrected chi connectivity index (χ1v) is 9.40. The first-order valence-electron chi connectivity index (χ1n) is 8.01. The monoisotopic (exact) mass is 377 g/mol. The Hall–Kier alpha value is -2.66. The fourth-order valence-electron chi connectivity index (χ4n) is 2.06. The lowest BCUT2D eigenvalue weighted by atomic mass is 10.1. The van der Waals surface area contributed by atoms with Crippen LogP contribution in [0.25, 0.3) is 0 Å². The number of methoxy groups -OCH3 is 1. The van der Waals surface area contributed by atoms with Gasteiger partial charge in [-0.2, -0.15) is 17.0 Å². The molecule has 0 aromatic heterocycles. The van der Waals surface area contributed by atoms with E-state index in [1.54, 1.807) is 13.2 Å². The molecule has 1 aromatic carbocycles. The van der Waals surface area contributed by atoms with Gasteiger partial charge in [-0.3, -0.25) is 4.79 Å². The molecular weight excluding hydrogens is 354 g/mol. The van der Waals surface area contributed by atoms with Crippen molar-refractivity contribution in [2.24, 2.45) is 0 Å². The van der Waals surface area contributed by atoms with Crippen molar-refractivity contribution in [3.8, 4) is 11.8 Å². The predicted molar refractivity (Wildman–Crippen MR) is 101 cm³/mol. The van der Waals surface area contributed by atoms with Crippen LogP contribution in [0, 0.1) is 11.3 Å². The van der Waals surface area contributed by atoms with E-state index in [2.05, 4.69) is 10.6 Å². The summed E-state index contributed by atoms with van der Waals surface area (Å²) >= 11 is 1.49. The third kappa shape index (κ3) is 7.49. The molecule has 0 saturated heterocycles. The molecule has 3 N–H and O–H groups in total. The Bertz CT molecular complexity index is 668. The molecule has 0 radical (unpaired) electrons. The molecule has 0 spiro atoms. The number of carbonyl (C=O) groups is 2. The number of amides is 1. The number of ether oxygens (including phenoxy) is 1. The van der Waals surface area contributed by atoms with Gasteiger partial charge in [0.2, 0.25) is 0 Å². The van der Waals surface area contributed by atoms with Crippen LogP contribution >= 0.6 is 11.8 Å². The molecule has 0 heterocycles. The highest BCUT2D eigenvalue weighted by Crippen LogP contribution is 2.11. The maximum Gasteiger partial charge on any atom is 0.326 e. The van der Waals surface area contributed by atoms with Crippen molar-refractivity contribution in [2.45, 2.75) is 18.9 Å². The highest BCUT2D eigenvalue weighted by molar-refractivity contribution is 7.98. The molecule has 0 fully saturated rings. The summed E-state index contributed by atoms with van der Waals surface area (Å²) in [6, 6.07) is 8.37. The number of aliphatic carboxylic acids is 1. The number of nitrogens with zero attached hydrogens (tertiary/aromatic N) is 1. The van der Waals surface area contributed by atoms with E-state index < -0.39 is 17.9 Å². The third-order valence-electron chi connectivity index (χ3n) is 3.54. The van der Waals surface area contributed by atoms with Crippen molar-refractivity contribution < 1.29 is 19.4 Å². The molecule has 7 nitrogen and oxygen atoms in total. The molecular formula is C18H23N3O4S. The van der Waals surface area contributed by atoms with Crippen LogP contribution in [0.2, 0.25) is 0 Å². The Balaban J connectivity index is 2.53. The minimum absolute atomic E-state index is 0.157. The number of hydrogen-bond acceptors (Lipinski definition) is 6. The second-order valence-corrected chi connectivity index (χ2v) is 6.35. The molecule has 0 bridgehead atoms. The van der Waals surface area contributed by atoms with Gasteiger partial charge in [-0.1, -0.05) is 12.1 Å². The largest absolute Gasteiger partial charge is 0.497 e. The summed E-state index contributed by atoms with van der Waals surface area (Å²) in [5.74, 6) is -0.433. The Morgan fingerprint density at radius 1 is 1.38 bits per heavy atom. The zero-order valence-electron chi connectivity index (χ0n) is 14.8. The fraction of sp³-hybridized carbons (Fsp3) is 0.389. The van der Waals surface area contributed by atoms with Crippen molar-refractivity contribution in [2.75, 3.05) is 25.7 Å². The highest BCUT2D eigenvalue weighted by Gasteiger charge is 2.21. The maximum atomic E-state index is 12.1. The lowest BCUT2D eigenvalue weighted by Gasteiger charge is -2.13. The molecule has 0 aliphatic rings. The number of nitriles is 1. The molecule has 26 heavy (non-hydrogen) atoms. The van der Waals surface area contributed by atoms with Crippen molar-refractivity contribution in [1.82, 2.24) is 10.6 Å². The summed E-state index contributed by atoms with van der Waals surface area (Å²) in [6.07, 6.45) is 4.17. The molecule has 1 aromatic rings. The second kappa shape index (κ2) is 11.8. The molecule has 0 aliphatic carbocycles. The number of benzene rings is 1. The number of nitrogens with one attached hydrogen (secondary N) is 2. The average Bonchev–Trinajstić information content (AvgIpc) is 2.65. The van der Waals surface area contributed by atoms with Crippen LogP contribution in [-0.2, 0) is 16.0 Å². The molecule has 8 heteroatoms. The van der Waals surface area contributed by atoms with Crippen LogP contribution in [0.4, 0.5) is 0 Å². The van der Waals surface area contributed by atoms with Gasteiger partial charge in [-0.25, -0.2) is 4.79 Å². The summed E-state index contributed by atoms with van der Waals surface area (Å²) in [7, 11) is 1.60. The van der Waals surface area contributed by atoms with Gasteiger partial charge in [-0.05, 0) is 42.5 Å². The van der Waals surface area contributed by atoms with E-state index >= 15 is 0 Å². The lowest BCUT2D eigenvalue weighted by Crippen LogP contribution is -2.41. The van der Waals surface area contributed by atoms with E-state index in [9.17, 15) is 9.59 Å². The fourth-order valence-corrected chi connectivity index (χ4v) is 2.53. The maximum absolute atomic E-state index is 12.1. The molecule has 1 unspecified atom stereocenters. The number of carboxylic acids is 1. The van der Waals surface area contributed by atoms with Gasteiger partial charge in [0.05, 0.1) is 7.11 Å². The predicted octanol–water partition coefficient (Wildman–Crippen LogP) is 1.56. The highest BCUT2D eigenvalue weighted by atomic mass is 32.2. The number of rotatable bonds is 11. The smallest absolute Gasteiger partial charge is 0.326 e. The van der Waals surface area contributed by atoms with Crippen LogP contribution < -0.4 is 15.4 Å². The van der Waals surface area contributed by atoms with Crippen LogP contribution in [0.15, 0.2) is 36.0 Å². The van der Waals surface area contributed by atoms with E-state index in [-0.39, 0.29) is 5.57 Å². The van der Waals surface area contributed by atoms with Crippen LogP contribution in [0.1, 0.15) is 12.0 Å². The summed E-state index contributed by atoms with van der Waals surface area (Å²) in [6.45, 7) is 0.527. The zero-order valence-corrected chi connectivity index (χ0v) is 15.6. The van der Waals surface area contributed by atoms with E-state index in [0.29, 0.717) is 25.1 Å². The topological polar surface area (TPSA) is 111 Å². The van der Waals surface area contributed by atoms with Gasteiger partial charge in [-0.15, -0.1) is 0 Å². The first kappa shape index (κ1) is 21.4. The van der Waals surface area contributed by atoms with E-state index in [0.717, 1.165) is 11.3 Å². The van der Waals surface area contributed by atoms with Gasteiger partial charge in [0.25, 0.3) is 5.91 Å². The minimum atomic E-state index is -1.11. The standard InChI is InChI=1S/C18H23N3O4S/c1-25-15-5-3-13(4-6-15)7-9-20-12-14(11-19)17(22)21-16(18(23)24)8-10-26-2/h3-6,12,16,20H,7-10H2,1-2H3,(H,21,22)(H,23,24)/b14-12-. The molecule has 1 rings (SSSR count). The van der Waals surface area contributed by atoms with E-state index in [1.165, 1.54) is 18.0 Å². The number of carbonyl (C=O) groups excluding carboxylic acids is 1.